The number of likely N-dealkylation sites (tertiary alicyclic amines) is 1. The molecule has 4 aromatic heterocycles. The van der Waals surface area contributed by atoms with E-state index in [1.165, 1.54) is 0 Å². The minimum atomic E-state index is -0.695. The van der Waals surface area contributed by atoms with Gasteiger partial charge in [0.1, 0.15) is 17.4 Å². The Kier molecular flexibility index (Phi) is 5.00. The van der Waals surface area contributed by atoms with Crippen LogP contribution in [0.1, 0.15) is 51.1 Å². The predicted octanol–water partition coefficient (Wildman–Crippen LogP) is 3.46. The molecule has 2 N–H and O–H groups in total. The molecule has 1 aliphatic rings. The Morgan fingerprint density at radius 3 is 3.13 bits per heavy atom. The van der Waals surface area contributed by atoms with Crippen molar-refractivity contribution in [3.8, 4) is 0 Å². The number of rotatable bonds is 5. The van der Waals surface area contributed by atoms with Crippen molar-refractivity contribution in [1.29, 1.82) is 0 Å². The molecule has 9 heteroatoms. The average molecular weight is 427 g/mol. The predicted molar refractivity (Wildman–Crippen MR) is 117 cm³/mol. The van der Waals surface area contributed by atoms with Crippen molar-refractivity contribution >= 4 is 38.5 Å². The van der Waals surface area contributed by atoms with Gasteiger partial charge in [0.05, 0.1) is 34.2 Å². The van der Waals surface area contributed by atoms with Crippen molar-refractivity contribution in [3.05, 3.63) is 41.4 Å². The van der Waals surface area contributed by atoms with Gasteiger partial charge in [-0.3, -0.25) is 14.9 Å². The van der Waals surface area contributed by atoms with Crippen LogP contribution in [0, 0.1) is 0 Å². The van der Waals surface area contributed by atoms with Crippen molar-refractivity contribution in [1.82, 2.24) is 29.6 Å². The second-order valence-electron chi connectivity index (χ2n) is 7.89. The molecule has 0 spiro atoms. The first kappa shape index (κ1) is 19.2. The number of piperidine rings is 1. The molecule has 2 atom stereocenters. The van der Waals surface area contributed by atoms with Gasteiger partial charge < -0.3 is 14.6 Å². The number of thiophene rings is 1. The van der Waals surface area contributed by atoms with Crippen molar-refractivity contribution < 1.29 is 11.3 Å². The number of H-pyrrole nitrogens is 1. The molecular weight excluding hydrogens is 400 g/mol. The number of nitrogens with one attached hydrogen (secondary N) is 1. The van der Waals surface area contributed by atoms with Gasteiger partial charge in [0.15, 0.2) is 0 Å². The first-order valence-electron chi connectivity index (χ1n) is 10.3. The summed E-state index contributed by atoms with van der Waals surface area (Å²) in [6, 6.07) is 2.09. The molecule has 0 saturated carbocycles. The van der Waals surface area contributed by atoms with E-state index < -0.39 is 6.10 Å². The van der Waals surface area contributed by atoms with Crippen LogP contribution in [0.3, 0.4) is 0 Å². The quantitative estimate of drug-likeness (QED) is 0.509. The number of amides is 1. The first-order valence-corrected chi connectivity index (χ1v) is 11.2. The summed E-state index contributed by atoms with van der Waals surface area (Å²) in [4.78, 5) is 24.0. The molecule has 5 heterocycles. The molecule has 4 aromatic rings. The highest BCUT2D eigenvalue weighted by molar-refractivity contribution is 7.18. The van der Waals surface area contributed by atoms with Crippen molar-refractivity contribution in [2.75, 3.05) is 13.1 Å². The number of aromatic amines is 1. The lowest BCUT2D eigenvalue weighted by Gasteiger charge is -2.35. The van der Waals surface area contributed by atoms with Gasteiger partial charge in [0.2, 0.25) is 5.91 Å². The topological polar surface area (TPSA) is 99.9 Å². The van der Waals surface area contributed by atoms with Crippen LogP contribution in [0.4, 0.5) is 0 Å². The largest absolute Gasteiger partial charge is 0.385 e. The van der Waals surface area contributed by atoms with Gasteiger partial charge in [-0.1, -0.05) is 0 Å². The number of hydrogen-bond donors (Lipinski definition) is 2. The van der Waals surface area contributed by atoms with Gasteiger partial charge in [0, 0.05) is 27.1 Å². The van der Waals surface area contributed by atoms with E-state index in [0.717, 1.165) is 46.2 Å². The maximum absolute atomic E-state index is 12.9. The highest BCUT2D eigenvalue weighted by atomic mass is 32.1. The molecule has 30 heavy (non-hydrogen) atoms. The van der Waals surface area contributed by atoms with Crippen molar-refractivity contribution in [2.45, 2.75) is 44.8 Å². The average Bonchev–Trinajstić information content (AvgIpc) is 3.50. The lowest BCUT2D eigenvalue weighted by Crippen LogP contribution is -2.41. The molecular formula is C21H26N6O2S. The van der Waals surface area contributed by atoms with Gasteiger partial charge >= 0.3 is 0 Å². The number of nitrogens with zero attached hydrogens (tertiary/aromatic N) is 5. The summed E-state index contributed by atoms with van der Waals surface area (Å²) in [5, 5.41) is 19.2. The van der Waals surface area contributed by atoms with Gasteiger partial charge in [-0.15, -0.1) is 11.3 Å². The van der Waals surface area contributed by atoms with E-state index in [2.05, 4.69) is 19.7 Å². The van der Waals surface area contributed by atoms with Crippen LogP contribution in [-0.4, -0.2) is 53.7 Å². The highest BCUT2D eigenvalue weighted by Gasteiger charge is 2.29. The Labute approximate surface area is 179 Å². The van der Waals surface area contributed by atoms with E-state index in [4.69, 9.17) is 4.98 Å². The molecule has 1 fully saturated rings. The third-order valence-electron chi connectivity index (χ3n) is 5.82. The van der Waals surface area contributed by atoms with Crippen molar-refractivity contribution in [2.24, 2.45) is 0 Å². The Morgan fingerprint density at radius 2 is 2.33 bits per heavy atom. The number of pyridine rings is 1. The summed E-state index contributed by atoms with van der Waals surface area (Å²) in [6.45, 7) is 3.14. The van der Waals surface area contributed by atoms with Gasteiger partial charge in [-0.2, -0.15) is 5.10 Å². The Morgan fingerprint density at radius 1 is 1.43 bits per heavy atom. The highest BCUT2D eigenvalue weighted by Crippen LogP contribution is 2.35. The number of fused-ring (bicyclic) bond motifs is 3. The number of carbonyl (C=O) groups is 1. The second-order valence-corrected chi connectivity index (χ2v) is 8.80. The molecule has 0 unspecified atom stereocenters. The number of carbonyl (C=O) groups excluding carboxylic acids is 1. The SMILES string of the molecule is C[C@@H](O)c1nc2cnc3ccsc3c2n1[C@H]1CCCN(C(=O)CCc2cn[nH]c2)C1.[HH]. The number of hydrogen-bond acceptors (Lipinski definition) is 6. The Hall–Kier alpha value is -2.78. The fourth-order valence-electron chi connectivity index (χ4n) is 4.38. The fourth-order valence-corrected chi connectivity index (χ4v) is 5.27. The monoisotopic (exact) mass is 426 g/mol. The molecule has 0 bridgehead atoms. The van der Waals surface area contributed by atoms with E-state index in [-0.39, 0.29) is 13.4 Å². The van der Waals surface area contributed by atoms with Crippen LogP contribution in [0.2, 0.25) is 0 Å². The first-order chi connectivity index (χ1) is 14.6. The van der Waals surface area contributed by atoms with Crippen LogP contribution in [0.5, 0.6) is 0 Å². The normalized spacial score (nSPS) is 18.3. The van der Waals surface area contributed by atoms with E-state index in [9.17, 15) is 9.90 Å². The number of aryl methyl sites for hydroxylation is 1. The summed E-state index contributed by atoms with van der Waals surface area (Å²) < 4.78 is 3.24. The number of imidazole rings is 1. The molecule has 0 aliphatic carbocycles. The molecule has 1 saturated heterocycles. The summed E-state index contributed by atoms with van der Waals surface area (Å²) in [7, 11) is 0. The maximum Gasteiger partial charge on any atom is 0.222 e. The zero-order valence-electron chi connectivity index (χ0n) is 16.8. The zero-order valence-corrected chi connectivity index (χ0v) is 17.6. The maximum atomic E-state index is 12.9. The van der Waals surface area contributed by atoms with E-state index in [1.807, 2.05) is 22.5 Å². The van der Waals surface area contributed by atoms with Crippen molar-refractivity contribution in [3.63, 3.8) is 0 Å². The number of aliphatic hydroxyl groups is 1. The standard InChI is InChI=1S/C21H24N6O2S.H2/c1-13(28)21-25-17-11-22-16-6-8-30-20(16)19(17)27(21)15-3-2-7-26(12-15)18(29)5-4-14-9-23-24-10-14;/h6,8-11,13,15,28H,2-5,7,12H2,1H3,(H,23,24);1H/t13-,15+;/m1./s1. The van der Waals surface area contributed by atoms with Gasteiger partial charge in [0.25, 0.3) is 0 Å². The molecule has 158 valence electrons. The molecule has 0 aromatic carbocycles. The second kappa shape index (κ2) is 7.81. The lowest BCUT2D eigenvalue weighted by atomic mass is 10.0. The summed E-state index contributed by atoms with van der Waals surface area (Å²) in [5.41, 5.74) is 3.80. The van der Waals surface area contributed by atoms with E-state index in [0.29, 0.717) is 25.2 Å². The van der Waals surface area contributed by atoms with Gasteiger partial charge in [-0.05, 0) is 43.2 Å². The van der Waals surface area contributed by atoms with Crippen LogP contribution < -0.4 is 0 Å². The minimum absolute atomic E-state index is 0. The Balaban J connectivity index is 0.00000231. The number of aromatic nitrogens is 5. The summed E-state index contributed by atoms with van der Waals surface area (Å²) >= 11 is 1.64. The zero-order chi connectivity index (χ0) is 20.7. The summed E-state index contributed by atoms with van der Waals surface area (Å²) in [5.74, 6) is 0.803. The fraction of sp³-hybridized carbons (Fsp3) is 0.429. The molecule has 5 rings (SSSR count). The number of aliphatic hydroxyl groups excluding tert-OH is 1. The third kappa shape index (κ3) is 3.37. The lowest BCUT2D eigenvalue weighted by molar-refractivity contribution is -0.132. The Bertz CT molecular complexity index is 1190. The summed E-state index contributed by atoms with van der Waals surface area (Å²) in [6.07, 6.45) is 7.72. The van der Waals surface area contributed by atoms with E-state index >= 15 is 0 Å². The molecule has 1 aliphatic heterocycles. The van der Waals surface area contributed by atoms with Crippen LogP contribution >= 0.6 is 11.3 Å². The molecule has 1 amide bonds. The molecule has 0 radical (unpaired) electrons. The van der Waals surface area contributed by atoms with Gasteiger partial charge in [-0.25, -0.2) is 4.98 Å². The van der Waals surface area contributed by atoms with Crippen LogP contribution in [0.15, 0.2) is 30.0 Å². The third-order valence-corrected chi connectivity index (χ3v) is 6.73. The molecule has 8 nitrogen and oxygen atoms in total. The van der Waals surface area contributed by atoms with E-state index in [1.54, 1.807) is 30.7 Å². The van der Waals surface area contributed by atoms with Crippen LogP contribution in [0.25, 0.3) is 21.3 Å². The smallest absolute Gasteiger partial charge is 0.222 e. The minimum Gasteiger partial charge on any atom is -0.385 e. The van der Waals surface area contributed by atoms with Crippen LogP contribution in [-0.2, 0) is 11.2 Å².